The van der Waals surface area contributed by atoms with Gasteiger partial charge in [0.05, 0.1) is 6.10 Å². The topological polar surface area (TPSA) is 50.4 Å². The quantitative estimate of drug-likeness (QED) is 0.842. The predicted molar refractivity (Wildman–Crippen MR) is 96.1 cm³/mol. The maximum atomic E-state index is 12.5. The third kappa shape index (κ3) is 3.75. The Labute approximate surface area is 145 Å². The molecule has 0 bridgehead atoms. The average molecular weight is 330 g/mol. The molecule has 1 amide bonds. The van der Waals surface area contributed by atoms with E-state index in [2.05, 4.69) is 49.6 Å². The van der Waals surface area contributed by atoms with Gasteiger partial charge in [0, 0.05) is 18.0 Å². The number of hydrogen-bond acceptors (Lipinski definition) is 3. The Morgan fingerprint density at radius 1 is 1.42 bits per heavy atom. The standard InChI is InChI=1S/C20H30N2O2/c1-4-15(3)24-18-11-14(2)5-6-16(18)13-22-19(23)17-12-20(17)7-9-21-10-8-20/h5-6,11,15,17,21H,4,7-10,12-13H2,1-3H3,(H,22,23). The molecule has 24 heavy (non-hydrogen) atoms. The summed E-state index contributed by atoms with van der Waals surface area (Å²) in [7, 11) is 0. The van der Waals surface area contributed by atoms with Crippen LogP contribution in [0.3, 0.4) is 0 Å². The maximum absolute atomic E-state index is 12.5. The highest BCUT2D eigenvalue weighted by atomic mass is 16.5. The molecular formula is C20H30N2O2. The number of hydrogen-bond donors (Lipinski definition) is 2. The minimum absolute atomic E-state index is 0.183. The Balaban J connectivity index is 1.59. The van der Waals surface area contributed by atoms with Crippen LogP contribution in [0.2, 0.25) is 0 Å². The second-order valence-corrected chi connectivity index (χ2v) is 7.53. The smallest absolute Gasteiger partial charge is 0.223 e. The van der Waals surface area contributed by atoms with Crippen molar-refractivity contribution in [2.75, 3.05) is 13.1 Å². The van der Waals surface area contributed by atoms with E-state index in [1.165, 1.54) is 5.56 Å². The first-order valence-electron chi connectivity index (χ1n) is 9.29. The van der Waals surface area contributed by atoms with Crippen molar-refractivity contribution in [2.24, 2.45) is 11.3 Å². The number of amides is 1. The Morgan fingerprint density at radius 3 is 2.88 bits per heavy atom. The number of nitrogens with one attached hydrogen (secondary N) is 2. The van der Waals surface area contributed by atoms with Gasteiger partial charge in [-0.1, -0.05) is 19.1 Å². The normalized spacial score (nSPS) is 22.9. The molecule has 2 atom stereocenters. The molecule has 3 rings (SSSR count). The molecule has 1 heterocycles. The van der Waals surface area contributed by atoms with Gasteiger partial charge in [-0.25, -0.2) is 0 Å². The molecule has 0 aromatic heterocycles. The maximum Gasteiger partial charge on any atom is 0.223 e. The molecular weight excluding hydrogens is 300 g/mol. The minimum atomic E-state index is 0.183. The second kappa shape index (κ2) is 7.14. The summed E-state index contributed by atoms with van der Waals surface area (Å²) in [5.74, 6) is 1.33. The Hall–Kier alpha value is -1.55. The van der Waals surface area contributed by atoms with Gasteiger partial charge in [-0.3, -0.25) is 4.79 Å². The zero-order valence-corrected chi connectivity index (χ0v) is 15.2. The summed E-state index contributed by atoms with van der Waals surface area (Å²) in [5.41, 5.74) is 2.53. The van der Waals surface area contributed by atoms with Crippen molar-refractivity contribution in [3.8, 4) is 5.75 Å². The first-order chi connectivity index (χ1) is 11.5. The van der Waals surface area contributed by atoms with Crippen molar-refractivity contribution in [3.05, 3.63) is 29.3 Å². The van der Waals surface area contributed by atoms with E-state index in [1.807, 2.05) is 0 Å². The summed E-state index contributed by atoms with van der Waals surface area (Å²) in [5, 5.41) is 6.53. The number of carbonyl (C=O) groups excluding carboxylic acids is 1. The van der Waals surface area contributed by atoms with Crippen LogP contribution in [0.1, 0.15) is 50.7 Å². The van der Waals surface area contributed by atoms with Gasteiger partial charge in [0.1, 0.15) is 5.75 Å². The SMILES string of the molecule is CCC(C)Oc1cc(C)ccc1CNC(=O)C1CC12CCNCC2. The molecule has 2 N–H and O–H groups in total. The molecule has 1 saturated heterocycles. The van der Waals surface area contributed by atoms with Crippen LogP contribution < -0.4 is 15.4 Å². The van der Waals surface area contributed by atoms with E-state index >= 15 is 0 Å². The molecule has 2 unspecified atom stereocenters. The lowest BCUT2D eigenvalue weighted by atomic mass is 9.92. The van der Waals surface area contributed by atoms with Crippen LogP contribution in [0.15, 0.2) is 18.2 Å². The van der Waals surface area contributed by atoms with Gasteiger partial charge in [-0.2, -0.15) is 0 Å². The van der Waals surface area contributed by atoms with Gasteiger partial charge < -0.3 is 15.4 Å². The number of benzene rings is 1. The number of ether oxygens (including phenoxy) is 1. The van der Waals surface area contributed by atoms with Crippen LogP contribution in [-0.4, -0.2) is 25.1 Å². The molecule has 1 spiro atoms. The Kier molecular flexibility index (Phi) is 5.14. The van der Waals surface area contributed by atoms with Gasteiger partial charge in [0.15, 0.2) is 0 Å². The Morgan fingerprint density at radius 2 is 2.17 bits per heavy atom. The molecule has 1 aliphatic carbocycles. The summed E-state index contributed by atoms with van der Waals surface area (Å²) >= 11 is 0. The fourth-order valence-electron chi connectivity index (χ4n) is 3.72. The van der Waals surface area contributed by atoms with Gasteiger partial charge in [0.2, 0.25) is 5.91 Å². The van der Waals surface area contributed by atoms with Crippen molar-refractivity contribution in [1.82, 2.24) is 10.6 Å². The van der Waals surface area contributed by atoms with E-state index in [9.17, 15) is 4.79 Å². The van der Waals surface area contributed by atoms with E-state index in [0.717, 1.165) is 50.1 Å². The summed E-state index contributed by atoms with van der Waals surface area (Å²) in [4.78, 5) is 12.5. The van der Waals surface area contributed by atoms with Gasteiger partial charge >= 0.3 is 0 Å². The van der Waals surface area contributed by atoms with Crippen LogP contribution in [0, 0.1) is 18.3 Å². The molecule has 2 aliphatic rings. The molecule has 1 aromatic carbocycles. The summed E-state index contributed by atoms with van der Waals surface area (Å²) in [6, 6.07) is 6.22. The monoisotopic (exact) mass is 330 g/mol. The number of piperidine rings is 1. The number of aryl methyl sites for hydroxylation is 1. The second-order valence-electron chi connectivity index (χ2n) is 7.53. The van der Waals surface area contributed by atoms with Crippen molar-refractivity contribution in [3.63, 3.8) is 0 Å². The molecule has 0 radical (unpaired) electrons. The highest BCUT2D eigenvalue weighted by Crippen LogP contribution is 2.58. The van der Waals surface area contributed by atoms with Gasteiger partial charge in [-0.05, 0) is 69.7 Å². The Bertz CT molecular complexity index is 593. The first-order valence-corrected chi connectivity index (χ1v) is 9.29. The van der Waals surface area contributed by atoms with Crippen molar-refractivity contribution in [1.29, 1.82) is 0 Å². The molecule has 4 heteroatoms. The third-order valence-electron chi connectivity index (χ3n) is 5.68. The number of rotatable bonds is 6. The summed E-state index contributed by atoms with van der Waals surface area (Å²) in [6.07, 6.45) is 4.49. The summed E-state index contributed by atoms with van der Waals surface area (Å²) < 4.78 is 6.03. The zero-order valence-electron chi connectivity index (χ0n) is 15.2. The molecule has 1 aromatic rings. The van der Waals surface area contributed by atoms with E-state index in [0.29, 0.717) is 12.0 Å². The van der Waals surface area contributed by atoms with Crippen LogP contribution in [0.25, 0.3) is 0 Å². The molecule has 4 nitrogen and oxygen atoms in total. The first kappa shape index (κ1) is 17.3. The highest BCUT2D eigenvalue weighted by molar-refractivity contribution is 5.82. The van der Waals surface area contributed by atoms with E-state index in [1.54, 1.807) is 0 Å². The lowest BCUT2D eigenvalue weighted by molar-refractivity contribution is -0.123. The van der Waals surface area contributed by atoms with Crippen molar-refractivity contribution >= 4 is 5.91 Å². The lowest BCUT2D eigenvalue weighted by Crippen LogP contribution is -2.33. The van der Waals surface area contributed by atoms with Crippen LogP contribution in [0.4, 0.5) is 0 Å². The molecule has 132 valence electrons. The van der Waals surface area contributed by atoms with Gasteiger partial charge in [0.25, 0.3) is 0 Å². The molecule has 1 saturated carbocycles. The van der Waals surface area contributed by atoms with Crippen molar-refractivity contribution in [2.45, 2.75) is 59.1 Å². The van der Waals surface area contributed by atoms with Gasteiger partial charge in [-0.15, -0.1) is 0 Å². The number of carbonyl (C=O) groups is 1. The van der Waals surface area contributed by atoms with E-state index in [4.69, 9.17) is 4.74 Å². The average Bonchev–Trinajstić information content (AvgIpc) is 3.27. The largest absolute Gasteiger partial charge is 0.490 e. The fraction of sp³-hybridized carbons (Fsp3) is 0.650. The van der Waals surface area contributed by atoms with E-state index in [-0.39, 0.29) is 17.9 Å². The lowest BCUT2D eigenvalue weighted by Gasteiger charge is -2.23. The summed E-state index contributed by atoms with van der Waals surface area (Å²) in [6.45, 7) is 8.92. The van der Waals surface area contributed by atoms with Crippen LogP contribution in [0.5, 0.6) is 5.75 Å². The zero-order chi connectivity index (χ0) is 17.2. The molecule has 2 fully saturated rings. The highest BCUT2D eigenvalue weighted by Gasteiger charge is 2.57. The molecule has 1 aliphatic heterocycles. The van der Waals surface area contributed by atoms with Crippen molar-refractivity contribution < 1.29 is 9.53 Å². The fourth-order valence-corrected chi connectivity index (χ4v) is 3.72. The third-order valence-corrected chi connectivity index (χ3v) is 5.68. The van der Waals surface area contributed by atoms with Crippen LogP contribution in [-0.2, 0) is 11.3 Å². The predicted octanol–water partition coefficient (Wildman–Crippen LogP) is 3.18. The van der Waals surface area contributed by atoms with E-state index < -0.39 is 0 Å². The van der Waals surface area contributed by atoms with Crippen LogP contribution >= 0.6 is 0 Å². The minimum Gasteiger partial charge on any atom is -0.490 e.